The number of benzene rings is 1. The molecule has 0 aliphatic heterocycles. The summed E-state index contributed by atoms with van der Waals surface area (Å²) in [6.07, 6.45) is 0. The lowest BCUT2D eigenvalue weighted by atomic mass is 10.1. The van der Waals surface area contributed by atoms with Gasteiger partial charge in [-0.2, -0.15) is 0 Å². The summed E-state index contributed by atoms with van der Waals surface area (Å²) in [5.41, 5.74) is 0.727. The Labute approximate surface area is 188 Å². The average molecular weight is 516 g/mol. The minimum absolute atomic E-state index is 0. The van der Waals surface area contributed by atoms with Crippen molar-refractivity contribution in [1.29, 1.82) is 0 Å². The molecule has 2 aromatic rings. The van der Waals surface area contributed by atoms with Crippen LogP contribution >= 0.6 is 35.3 Å². The van der Waals surface area contributed by atoms with Gasteiger partial charge in [0.1, 0.15) is 12.4 Å². The number of halogens is 1. The summed E-state index contributed by atoms with van der Waals surface area (Å²) >= 11 is 1.76. The first-order valence-electron chi connectivity index (χ1n) is 9.14. The fraction of sp³-hybridized carbons (Fsp3) is 0.400. The fourth-order valence-corrected chi connectivity index (χ4v) is 3.22. The van der Waals surface area contributed by atoms with Gasteiger partial charge in [-0.15, -0.1) is 35.3 Å². The third-order valence-corrected chi connectivity index (χ3v) is 4.82. The number of hydrogen-bond donors (Lipinski definition) is 3. The van der Waals surface area contributed by atoms with Gasteiger partial charge >= 0.3 is 0 Å². The highest BCUT2D eigenvalue weighted by Crippen LogP contribution is 2.20. The van der Waals surface area contributed by atoms with Gasteiger partial charge < -0.3 is 20.7 Å². The van der Waals surface area contributed by atoms with E-state index in [1.165, 1.54) is 11.8 Å². The molecule has 0 saturated carbocycles. The predicted molar refractivity (Wildman–Crippen MR) is 128 cm³/mol. The second kappa shape index (κ2) is 13.4. The Morgan fingerprint density at radius 3 is 2.75 bits per heavy atom. The number of nitrogens with one attached hydrogen (secondary N) is 3. The second-order valence-corrected chi connectivity index (χ2v) is 7.10. The first-order chi connectivity index (χ1) is 13.1. The number of ether oxygens (including phenoxy) is 1. The van der Waals surface area contributed by atoms with Crippen LogP contribution in [0.2, 0.25) is 0 Å². The molecule has 0 fully saturated rings. The Bertz CT molecular complexity index is 738. The van der Waals surface area contributed by atoms with E-state index in [4.69, 9.17) is 4.74 Å². The number of aliphatic imine (C=N–C) groups is 1. The molecule has 0 saturated heterocycles. The molecule has 6 nitrogen and oxygen atoms in total. The molecule has 1 amide bonds. The topological polar surface area (TPSA) is 74.8 Å². The largest absolute Gasteiger partial charge is 0.492 e. The maximum atomic E-state index is 11.1. The van der Waals surface area contributed by atoms with Gasteiger partial charge in [0.05, 0.1) is 13.1 Å². The average Bonchev–Trinajstić information content (AvgIpc) is 3.17. The molecular formula is C20H29IN4O2S. The Morgan fingerprint density at radius 2 is 2.07 bits per heavy atom. The monoisotopic (exact) mass is 516 g/mol. The number of thiophene rings is 1. The van der Waals surface area contributed by atoms with Crippen LogP contribution in [0.1, 0.15) is 31.6 Å². The van der Waals surface area contributed by atoms with Crippen molar-refractivity contribution in [1.82, 2.24) is 10.6 Å². The molecule has 2 rings (SSSR count). The lowest BCUT2D eigenvalue weighted by molar-refractivity contribution is -0.114. The van der Waals surface area contributed by atoms with Crippen LogP contribution < -0.4 is 20.7 Å². The molecule has 1 aromatic carbocycles. The maximum absolute atomic E-state index is 11.1. The lowest BCUT2D eigenvalue weighted by Gasteiger charge is -2.14. The zero-order chi connectivity index (χ0) is 19.5. The van der Waals surface area contributed by atoms with Gasteiger partial charge in [0.15, 0.2) is 5.96 Å². The lowest BCUT2D eigenvalue weighted by Crippen LogP contribution is -2.39. The first-order valence-corrected chi connectivity index (χ1v) is 10.0. The Morgan fingerprint density at radius 1 is 1.25 bits per heavy atom. The summed E-state index contributed by atoms with van der Waals surface area (Å²) in [6.45, 7) is 8.37. The number of rotatable bonds is 9. The van der Waals surface area contributed by atoms with Crippen LogP contribution in [0.25, 0.3) is 0 Å². The quantitative estimate of drug-likeness (QED) is 0.204. The molecule has 1 aromatic heterocycles. The number of nitrogens with zero attached hydrogens (tertiary/aromatic N) is 1. The third kappa shape index (κ3) is 8.92. The van der Waals surface area contributed by atoms with Crippen LogP contribution in [0.4, 0.5) is 5.69 Å². The Hall–Kier alpha value is -1.81. The number of guanidine groups is 1. The summed E-state index contributed by atoms with van der Waals surface area (Å²) in [5.74, 6) is 1.80. The number of carbonyl (C=O) groups excluding carboxylic acids is 1. The van der Waals surface area contributed by atoms with Gasteiger partial charge in [0.2, 0.25) is 5.91 Å². The first kappa shape index (κ1) is 24.2. The van der Waals surface area contributed by atoms with E-state index in [9.17, 15) is 4.79 Å². The predicted octanol–water partition coefficient (Wildman–Crippen LogP) is 4.06. The molecule has 0 aliphatic rings. The highest BCUT2D eigenvalue weighted by Gasteiger charge is 2.06. The van der Waals surface area contributed by atoms with E-state index >= 15 is 0 Å². The minimum atomic E-state index is -0.0999. The summed E-state index contributed by atoms with van der Waals surface area (Å²) in [6, 6.07) is 11.6. The van der Waals surface area contributed by atoms with Crippen LogP contribution in [0.3, 0.4) is 0 Å². The van der Waals surface area contributed by atoms with Gasteiger partial charge in [0.25, 0.3) is 0 Å². The van der Waals surface area contributed by atoms with E-state index in [-0.39, 0.29) is 29.9 Å². The summed E-state index contributed by atoms with van der Waals surface area (Å²) < 4.78 is 5.75. The Balaban J connectivity index is 0.00000392. The zero-order valence-electron chi connectivity index (χ0n) is 16.5. The molecule has 0 radical (unpaired) electrons. The van der Waals surface area contributed by atoms with Crippen molar-refractivity contribution in [2.75, 3.05) is 31.6 Å². The maximum Gasteiger partial charge on any atom is 0.221 e. The number of anilines is 1. The van der Waals surface area contributed by atoms with Gasteiger partial charge in [-0.25, -0.2) is 0 Å². The highest BCUT2D eigenvalue weighted by atomic mass is 127. The van der Waals surface area contributed by atoms with Crippen molar-refractivity contribution in [3.05, 3.63) is 46.7 Å². The number of hydrogen-bond acceptors (Lipinski definition) is 4. The van der Waals surface area contributed by atoms with E-state index in [1.54, 1.807) is 11.3 Å². The van der Waals surface area contributed by atoms with Crippen molar-refractivity contribution in [2.45, 2.75) is 26.7 Å². The van der Waals surface area contributed by atoms with E-state index in [0.717, 1.165) is 30.5 Å². The summed E-state index contributed by atoms with van der Waals surface area (Å²) in [7, 11) is 0. The molecule has 1 unspecified atom stereocenters. The second-order valence-electron chi connectivity index (χ2n) is 6.12. The molecular weight excluding hydrogens is 487 g/mol. The van der Waals surface area contributed by atoms with E-state index in [0.29, 0.717) is 19.1 Å². The number of carbonyl (C=O) groups is 1. The Kier molecular flexibility index (Phi) is 11.6. The van der Waals surface area contributed by atoms with Gasteiger partial charge in [-0.05, 0) is 30.5 Å². The molecule has 1 atom stereocenters. The molecule has 8 heteroatoms. The van der Waals surface area contributed by atoms with Crippen molar-refractivity contribution in [3.8, 4) is 5.75 Å². The van der Waals surface area contributed by atoms with Gasteiger partial charge in [-0.1, -0.05) is 19.1 Å². The zero-order valence-corrected chi connectivity index (χ0v) is 19.7. The molecule has 154 valence electrons. The molecule has 0 spiro atoms. The molecule has 1 heterocycles. The van der Waals surface area contributed by atoms with E-state index in [1.807, 2.05) is 31.2 Å². The van der Waals surface area contributed by atoms with E-state index in [2.05, 4.69) is 45.4 Å². The van der Waals surface area contributed by atoms with Crippen LogP contribution in [0, 0.1) is 0 Å². The van der Waals surface area contributed by atoms with Crippen molar-refractivity contribution in [2.24, 2.45) is 4.99 Å². The van der Waals surface area contributed by atoms with Gasteiger partial charge in [-0.3, -0.25) is 9.79 Å². The number of amides is 1. The highest BCUT2D eigenvalue weighted by molar-refractivity contribution is 14.0. The summed E-state index contributed by atoms with van der Waals surface area (Å²) in [5, 5.41) is 11.4. The fourth-order valence-electron chi connectivity index (χ4n) is 2.44. The van der Waals surface area contributed by atoms with Crippen LogP contribution in [0.5, 0.6) is 5.75 Å². The standard InChI is InChI=1S/C20H28N4O2S.HI/c1-4-21-20(23-14-15(2)19-9-6-12-27-19)22-10-11-26-18-8-5-7-17(13-18)24-16(3)25;/h5-9,12-13,15H,4,10-11,14H2,1-3H3,(H,24,25)(H2,21,22,23);1H. The van der Waals surface area contributed by atoms with Crippen LogP contribution in [-0.2, 0) is 4.79 Å². The third-order valence-electron chi connectivity index (χ3n) is 3.71. The van der Waals surface area contributed by atoms with Gasteiger partial charge in [0, 0.05) is 36.0 Å². The molecule has 28 heavy (non-hydrogen) atoms. The van der Waals surface area contributed by atoms with Crippen molar-refractivity contribution < 1.29 is 9.53 Å². The minimum Gasteiger partial charge on any atom is -0.492 e. The summed E-state index contributed by atoms with van der Waals surface area (Å²) in [4.78, 5) is 17.1. The SMILES string of the molecule is CCNC(=NCC(C)c1cccs1)NCCOc1cccc(NC(C)=O)c1.I. The molecule has 0 aliphatic carbocycles. The van der Waals surface area contributed by atoms with E-state index < -0.39 is 0 Å². The van der Waals surface area contributed by atoms with Crippen LogP contribution in [-0.4, -0.2) is 38.1 Å². The van der Waals surface area contributed by atoms with Crippen molar-refractivity contribution in [3.63, 3.8) is 0 Å². The smallest absolute Gasteiger partial charge is 0.221 e. The molecule has 0 bridgehead atoms. The molecule has 3 N–H and O–H groups in total. The normalized spacial score (nSPS) is 11.9. The van der Waals surface area contributed by atoms with Crippen molar-refractivity contribution >= 4 is 52.9 Å². The van der Waals surface area contributed by atoms with Crippen LogP contribution in [0.15, 0.2) is 46.8 Å².